The topological polar surface area (TPSA) is 61.9 Å². The van der Waals surface area contributed by atoms with Crippen molar-refractivity contribution in [3.8, 4) is 0 Å². The van der Waals surface area contributed by atoms with Gasteiger partial charge in [-0.15, -0.1) is 0 Å². The van der Waals surface area contributed by atoms with Gasteiger partial charge >= 0.3 is 22.3 Å². The van der Waals surface area contributed by atoms with Gasteiger partial charge in [-0.2, -0.15) is 0 Å². The normalized spacial score (nSPS) is 18.3. The van der Waals surface area contributed by atoms with Crippen molar-refractivity contribution in [3.63, 3.8) is 0 Å². The lowest BCUT2D eigenvalue weighted by atomic mass is 10.2. The molecule has 0 atom stereocenters. The van der Waals surface area contributed by atoms with E-state index >= 15 is 0 Å². The number of amides is 3. The lowest BCUT2D eigenvalue weighted by Crippen LogP contribution is -2.41. The average molecular weight is 445 g/mol. The van der Waals surface area contributed by atoms with Crippen LogP contribution in [-0.4, -0.2) is 53.7 Å². The summed E-state index contributed by atoms with van der Waals surface area (Å²) in [4.78, 5) is 25.3. The van der Waals surface area contributed by atoms with Crippen molar-refractivity contribution in [2.24, 2.45) is 0 Å². The maximum Gasteiger partial charge on any atom is 0.410 e. The summed E-state index contributed by atoms with van der Waals surface area (Å²) in [5.74, 6) is 0. The number of halogens is 5. The molecule has 1 aromatic rings. The molecule has 6 nitrogen and oxygen atoms in total. The molecule has 1 aromatic carbocycles. The summed E-state index contributed by atoms with van der Waals surface area (Å²) in [7, 11) is -9.75. The van der Waals surface area contributed by atoms with Crippen LogP contribution in [0.3, 0.4) is 0 Å². The zero-order valence-corrected chi connectivity index (χ0v) is 17.1. The molecule has 0 aliphatic carbocycles. The molecule has 12 heteroatoms. The Morgan fingerprint density at radius 1 is 0.931 bits per heavy atom. The number of carbonyl (C=O) groups is 2. The van der Waals surface area contributed by atoms with Gasteiger partial charge in [0.2, 0.25) is 0 Å². The Bertz CT molecular complexity index is 779. The van der Waals surface area contributed by atoms with Crippen LogP contribution in [0.25, 0.3) is 0 Å². The summed E-state index contributed by atoms with van der Waals surface area (Å²) < 4.78 is 69.0. The predicted molar refractivity (Wildman–Crippen MR) is 101 cm³/mol. The van der Waals surface area contributed by atoms with Crippen molar-refractivity contribution in [3.05, 3.63) is 24.3 Å². The van der Waals surface area contributed by atoms with Crippen LogP contribution in [0.4, 0.5) is 34.7 Å². The number of nitrogens with one attached hydrogen (secondary N) is 1. The second-order valence-corrected chi connectivity index (χ2v) is 10.1. The fourth-order valence-corrected chi connectivity index (χ4v) is 3.28. The number of rotatable bonds is 2. The maximum absolute atomic E-state index is 12.7. The summed E-state index contributed by atoms with van der Waals surface area (Å²) in [6.45, 7) is 6.34. The first-order chi connectivity index (χ1) is 12.9. The Balaban J connectivity index is 1.97. The summed E-state index contributed by atoms with van der Waals surface area (Å²) >= 11 is 0. The summed E-state index contributed by atoms with van der Waals surface area (Å²) in [5, 5.41) is 2.38. The third kappa shape index (κ3) is 6.94. The second-order valence-electron chi connectivity index (χ2n) is 7.73. The van der Waals surface area contributed by atoms with Gasteiger partial charge in [-0.1, -0.05) is 19.4 Å². The van der Waals surface area contributed by atoms with Gasteiger partial charge in [-0.25, -0.2) is 9.59 Å². The highest BCUT2D eigenvalue weighted by molar-refractivity contribution is 8.45. The number of hydrogen-bond donors (Lipinski definition) is 1. The van der Waals surface area contributed by atoms with Gasteiger partial charge in [0.1, 0.15) is 10.5 Å². The Labute approximate surface area is 165 Å². The van der Waals surface area contributed by atoms with Gasteiger partial charge in [0, 0.05) is 31.9 Å². The first-order valence-corrected chi connectivity index (χ1v) is 10.8. The number of nitrogens with zero attached hydrogens (tertiary/aromatic N) is 2. The van der Waals surface area contributed by atoms with Gasteiger partial charge in [-0.05, 0) is 51.5 Å². The molecule has 2 rings (SSSR count). The first kappa shape index (κ1) is 23.0. The van der Waals surface area contributed by atoms with E-state index in [0.29, 0.717) is 19.5 Å². The second kappa shape index (κ2) is 6.92. The lowest BCUT2D eigenvalue weighted by molar-refractivity contribution is 0.0259. The molecular formula is C17H24F5N3O3S. The molecule has 1 N–H and O–H groups in total. The fraction of sp³-hybridized carbons (Fsp3) is 0.529. The molecular weight excluding hydrogens is 421 g/mol. The summed E-state index contributed by atoms with van der Waals surface area (Å²) in [6, 6.07) is 1.43. The Kier molecular flexibility index (Phi) is 5.50. The highest BCUT2D eigenvalue weighted by atomic mass is 32.5. The van der Waals surface area contributed by atoms with E-state index in [2.05, 4.69) is 5.32 Å². The standard InChI is InChI=1S/C17H24F5N3O3S/c1-17(2,3)28-16(27)25-10-4-9-24(11-12-25)15(26)23-13-5-7-14(8-6-13)29(18,19,20,21)22/h5-8H,4,9-12H2,1-3H3,(H,23,26). The van der Waals surface area contributed by atoms with E-state index in [1.54, 1.807) is 20.8 Å². The maximum atomic E-state index is 12.7. The molecule has 0 saturated carbocycles. The molecule has 0 spiro atoms. The van der Waals surface area contributed by atoms with Gasteiger partial charge in [0.15, 0.2) is 0 Å². The first-order valence-electron chi connectivity index (χ1n) is 8.83. The van der Waals surface area contributed by atoms with Gasteiger partial charge < -0.3 is 19.9 Å². The molecule has 0 unspecified atom stereocenters. The lowest BCUT2D eigenvalue weighted by Gasteiger charge is -2.40. The summed E-state index contributed by atoms with van der Waals surface area (Å²) in [6.07, 6.45) is -0.0122. The molecule has 166 valence electrons. The van der Waals surface area contributed by atoms with Crippen molar-refractivity contribution in [2.75, 3.05) is 31.5 Å². The molecule has 29 heavy (non-hydrogen) atoms. The molecule has 0 aromatic heterocycles. The monoisotopic (exact) mass is 445 g/mol. The van der Waals surface area contributed by atoms with Crippen LogP contribution in [0.5, 0.6) is 0 Å². The van der Waals surface area contributed by atoms with Crippen LogP contribution >= 0.6 is 10.2 Å². The van der Waals surface area contributed by atoms with Crippen LogP contribution in [0.1, 0.15) is 27.2 Å². The van der Waals surface area contributed by atoms with Crippen LogP contribution in [0, 0.1) is 0 Å². The van der Waals surface area contributed by atoms with Crippen LogP contribution in [0.2, 0.25) is 0 Å². The zero-order chi connectivity index (χ0) is 22.2. The fourth-order valence-electron chi connectivity index (χ4n) is 2.63. The third-order valence-electron chi connectivity index (χ3n) is 3.99. The van der Waals surface area contributed by atoms with Crippen molar-refractivity contribution in [2.45, 2.75) is 37.7 Å². The van der Waals surface area contributed by atoms with E-state index in [1.165, 1.54) is 9.80 Å². The van der Waals surface area contributed by atoms with E-state index in [1.807, 2.05) is 0 Å². The van der Waals surface area contributed by atoms with Crippen LogP contribution in [0.15, 0.2) is 29.2 Å². The minimum absolute atomic E-state index is 0.0474. The molecule has 1 fully saturated rings. The zero-order valence-electron chi connectivity index (χ0n) is 16.3. The highest BCUT2D eigenvalue weighted by Crippen LogP contribution is 3.02. The van der Waals surface area contributed by atoms with Crippen molar-refractivity contribution in [1.82, 2.24) is 9.80 Å². The molecule has 1 aliphatic heterocycles. The molecule has 1 saturated heterocycles. The van der Waals surface area contributed by atoms with Gasteiger partial charge in [0.25, 0.3) is 0 Å². The van der Waals surface area contributed by atoms with E-state index in [9.17, 15) is 29.0 Å². The van der Waals surface area contributed by atoms with Crippen LogP contribution < -0.4 is 5.32 Å². The molecule has 3 amide bonds. The minimum atomic E-state index is -9.75. The molecule has 1 aliphatic rings. The molecule has 0 bridgehead atoms. The number of benzene rings is 1. The van der Waals surface area contributed by atoms with Crippen molar-refractivity contribution in [1.29, 1.82) is 0 Å². The summed E-state index contributed by atoms with van der Waals surface area (Å²) in [5.41, 5.74) is -0.698. The number of urea groups is 1. The molecule has 0 radical (unpaired) electrons. The van der Waals surface area contributed by atoms with E-state index in [4.69, 9.17) is 4.74 Å². The van der Waals surface area contributed by atoms with Gasteiger partial charge in [-0.3, -0.25) is 0 Å². The van der Waals surface area contributed by atoms with Crippen LogP contribution in [-0.2, 0) is 4.74 Å². The SMILES string of the molecule is CC(C)(C)OC(=O)N1CCCN(C(=O)Nc2ccc(S(F)(F)(F)(F)F)cc2)CC1. The quantitative estimate of drug-likeness (QED) is 0.584. The van der Waals surface area contributed by atoms with E-state index in [-0.39, 0.29) is 30.9 Å². The van der Waals surface area contributed by atoms with Crippen molar-refractivity contribution < 1.29 is 33.8 Å². The Morgan fingerprint density at radius 3 is 1.97 bits per heavy atom. The van der Waals surface area contributed by atoms with E-state index < -0.39 is 32.8 Å². The molecule has 1 heterocycles. The number of hydrogen-bond acceptors (Lipinski definition) is 3. The highest BCUT2D eigenvalue weighted by Gasteiger charge is 2.65. The number of anilines is 1. The largest absolute Gasteiger partial charge is 0.444 e. The van der Waals surface area contributed by atoms with E-state index in [0.717, 1.165) is 12.1 Å². The third-order valence-corrected chi connectivity index (χ3v) is 5.15. The Hall–Kier alpha value is -2.24. The smallest absolute Gasteiger partial charge is 0.410 e. The predicted octanol–water partition coefficient (Wildman–Crippen LogP) is 5.82. The average Bonchev–Trinajstić information content (AvgIpc) is 2.77. The minimum Gasteiger partial charge on any atom is -0.444 e. The van der Waals surface area contributed by atoms with Crippen molar-refractivity contribution >= 4 is 28.0 Å². The Morgan fingerprint density at radius 2 is 1.45 bits per heavy atom. The number of carbonyl (C=O) groups excluding carboxylic acids is 2. The van der Waals surface area contributed by atoms with Gasteiger partial charge in [0.05, 0.1) is 0 Å². The number of ether oxygens (including phenoxy) is 1.